The topological polar surface area (TPSA) is 40.4 Å². The minimum atomic E-state index is -0.226. The van der Waals surface area contributed by atoms with Crippen LogP contribution < -0.4 is 5.32 Å². The zero-order valence-electron chi connectivity index (χ0n) is 6.59. The summed E-state index contributed by atoms with van der Waals surface area (Å²) in [6.45, 7) is 5.22. The largest absolute Gasteiger partial charge is 0.465 e. The summed E-state index contributed by atoms with van der Waals surface area (Å²) in [5, 5.41) is 3.93. The smallest absolute Gasteiger partial charge is 0.321 e. The van der Waals surface area contributed by atoms with Crippen LogP contribution in [0, 0.1) is 0 Å². The first-order valence-electron chi connectivity index (χ1n) is 3.60. The van der Waals surface area contributed by atoms with E-state index >= 15 is 0 Å². The van der Waals surface area contributed by atoms with Crippen molar-refractivity contribution in [2.75, 3.05) is 19.7 Å². The third-order valence-corrected chi connectivity index (χ3v) is 0.928. The highest BCUT2D eigenvalue weighted by molar-refractivity contribution is 5.71. The van der Waals surface area contributed by atoms with Gasteiger partial charge in [0.25, 0.3) is 0 Å². The summed E-state index contributed by atoms with van der Waals surface area (Å²) in [4.78, 5) is 10.6. The van der Waals surface area contributed by atoms with Gasteiger partial charge in [-0.3, -0.25) is 4.79 Å². The second kappa shape index (κ2) is 6.55. The van der Waals surface area contributed by atoms with Crippen LogP contribution in [0.15, 0.2) is 0 Å². The zero-order valence-corrected chi connectivity index (χ0v) is 6.59. The van der Waals surface area contributed by atoms with Crippen LogP contribution in [-0.4, -0.2) is 25.7 Å². The average molecular weight is 144 g/mol. The highest BCUT2D eigenvalue weighted by atomic mass is 16.5. The summed E-state index contributed by atoms with van der Waals surface area (Å²) in [7, 11) is 0. The van der Waals surface area contributed by atoms with Crippen LogP contribution in [0.5, 0.6) is 0 Å². The zero-order chi connectivity index (χ0) is 7.82. The van der Waals surface area contributed by atoms with Crippen molar-refractivity contribution < 1.29 is 9.53 Å². The predicted octanol–water partition coefficient (Wildman–Crippen LogP) is 0.564. The van der Waals surface area contributed by atoms with Crippen LogP contribution in [0.3, 0.4) is 0 Å². The van der Waals surface area contributed by atoms with Gasteiger partial charge in [0.1, 0.15) is 6.54 Å². The van der Waals surface area contributed by atoms with Crippen molar-refractivity contribution in [1.82, 2.24) is 5.32 Å². The number of nitrogens with zero attached hydrogens (tertiary/aromatic N) is 1. The van der Waals surface area contributed by atoms with E-state index in [4.69, 9.17) is 0 Å². The predicted molar refractivity (Wildman–Crippen MR) is 38.8 cm³/mol. The SMILES string of the molecule is CCC[N]CC(=O)OCC. The van der Waals surface area contributed by atoms with Crippen LogP contribution in [0.2, 0.25) is 0 Å². The molecule has 0 bridgehead atoms. The van der Waals surface area contributed by atoms with Crippen LogP contribution in [0.4, 0.5) is 0 Å². The quantitative estimate of drug-likeness (QED) is 0.418. The van der Waals surface area contributed by atoms with Crippen molar-refractivity contribution >= 4 is 5.97 Å². The molecule has 59 valence electrons. The number of esters is 1. The van der Waals surface area contributed by atoms with Crippen LogP contribution in [-0.2, 0) is 9.53 Å². The van der Waals surface area contributed by atoms with E-state index in [-0.39, 0.29) is 12.5 Å². The molecule has 0 aliphatic heterocycles. The molecular formula is C7H14NO2. The fraction of sp³-hybridized carbons (Fsp3) is 0.857. The molecule has 0 spiro atoms. The number of rotatable bonds is 5. The fourth-order valence-electron chi connectivity index (χ4n) is 0.535. The molecule has 3 nitrogen and oxygen atoms in total. The van der Waals surface area contributed by atoms with Gasteiger partial charge in [0.15, 0.2) is 0 Å². The Bertz CT molecular complexity index is 93.6. The summed E-state index contributed by atoms with van der Waals surface area (Å²) in [5.74, 6) is -0.226. The Morgan fingerprint density at radius 1 is 1.50 bits per heavy atom. The molecule has 0 aromatic heterocycles. The van der Waals surface area contributed by atoms with Crippen molar-refractivity contribution in [3.05, 3.63) is 0 Å². The lowest BCUT2D eigenvalue weighted by molar-refractivity contribution is -0.142. The molecule has 0 amide bonds. The van der Waals surface area contributed by atoms with E-state index < -0.39 is 0 Å². The molecule has 0 N–H and O–H groups in total. The molecule has 1 radical (unpaired) electrons. The maximum Gasteiger partial charge on any atom is 0.321 e. The molecule has 0 saturated carbocycles. The molecule has 0 atom stereocenters. The molecule has 0 rings (SSSR count). The lowest BCUT2D eigenvalue weighted by Crippen LogP contribution is -2.19. The maximum atomic E-state index is 10.6. The van der Waals surface area contributed by atoms with Gasteiger partial charge in [0.2, 0.25) is 0 Å². The molecule has 10 heavy (non-hydrogen) atoms. The average Bonchev–Trinajstić information content (AvgIpc) is 1.89. The molecule has 0 aliphatic rings. The van der Waals surface area contributed by atoms with Gasteiger partial charge in [-0.05, 0) is 13.3 Å². The normalized spacial score (nSPS) is 9.40. The second-order valence-corrected chi connectivity index (χ2v) is 1.91. The van der Waals surface area contributed by atoms with Crippen molar-refractivity contribution in [2.45, 2.75) is 20.3 Å². The van der Waals surface area contributed by atoms with Gasteiger partial charge in [-0.1, -0.05) is 6.92 Å². The minimum absolute atomic E-state index is 0.210. The summed E-state index contributed by atoms with van der Waals surface area (Å²) < 4.78 is 4.66. The Morgan fingerprint density at radius 3 is 2.70 bits per heavy atom. The summed E-state index contributed by atoms with van der Waals surface area (Å²) in [5.41, 5.74) is 0. The van der Waals surface area contributed by atoms with E-state index in [1.165, 1.54) is 0 Å². The van der Waals surface area contributed by atoms with Gasteiger partial charge >= 0.3 is 5.97 Å². The molecule has 0 unspecified atom stereocenters. The Morgan fingerprint density at radius 2 is 2.20 bits per heavy atom. The highest BCUT2D eigenvalue weighted by Gasteiger charge is 1.98. The Kier molecular flexibility index (Phi) is 6.18. The number of hydrogen-bond donors (Lipinski definition) is 0. The van der Waals surface area contributed by atoms with Gasteiger partial charge in [-0.25, -0.2) is 5.32 Å². The molecule has 0 saturated heterocycles. The molecular weight excluding hydrogens is 130 g/mol. The van der Waals surface area contributed by atoms with E-state index in [1.807, 2.05) is 6.92 Å². The van der Waals surface area contributed by atoms with E-state index in [1.54, 1.807) is 6.92 Å². The maximum absolute atomic E-state index is 10.6. The first-order valence-corrected chi connectivity index (χ1v) is 3.60. The Hall–Kier alpha value is -0.570. The fourth-order valence-corrected chi connectivity index (χ4v) is 0.535. The van der Waals surface area contributed by atoms with Gasteiger partial charge in [0, 0.05) is 6.54 Å². The monoisotopic (exact) mass is 144 g/mol. The number of hydrogen-bond acceptors (Lipinski definition) is 2. The minimum Gasteiger partial charge on any atom is -0.465 e. The number of ether oxygens (including phenoxy) is 1. The molecule has 0 aliphatic carbocycles. The van der Waals surface area contributed by atoms with Crippen molar-refractivity contribution in [2.24, 2.45) is 0 Å². The lowest BCUT2D eigenvalue weighted by atomic mass is 10.5. The van der Waals surface area contributed by atoms with Crippen LogP contribution in [0.1, 0.15) is 20.3 Å². The first kappa shape index (κ1) is 9.43. The number of carbonyl (C=O) groups excluding carboxylic acids is 1. The van der Waals surface area contributed by atoms with Gasteiger partial charge < -0.3 is 4.74 Å². The second-order valence-electron chi connectivity index (χ2n) is 1.91. The van der Waals surface area contributed by atoms with Crippen molar-refractivity contribution in [1.29, 1.82) is 0 Å². The van der Waals surface area contributed by atoms with E-state index in [0.717, 1.165) is 13.0 Å². The van der Waals surface area contributed by atoms with Crippen molar-refractivity contribution in [3.63, 3.8) is 0 Å². The van der Waals surface area contributed by atoms with E-state index in [0.29, 0.717) is 6.61 Å². The number of carbonyl (C=O) groups is 1. The van der Waals surface area contributed by atoms with Crippen molar-refractivity contribution in [3.8, 4) is 0 Å². The standard InChI is InChI=1S/C7H14NO2/c1-3-5-8-6-7(9)10-4-2/h3-6H2,1-2H3. The third kappa shape index (κ3) is 5.56. The van der Waals surface area contributed by atoms with Gasteiger partial charge in [0.05, 0.1) is 6.61 Å². The first-order chi connectivity index (χ1) is 4.81. The molecule has 3 heteroatoms. The summed E-state index contributed by atoms with van der Waals surface area (Å²) in [6.07, 6.45) is 0.986. The highest BCUT2D eigenvalue weighted by Crippen LogP contribution is 1.77. The van der Waals surface area contributed by atoms with E-state index in [2.05, 4.69) is 10.1 Å². The lowest BCUT2D eigenvalue weighted by Gasteiger charge is -1.99. The molecule has 0 aromatic carbocycles. The molecule has 0 aromatic rings. The van der Waals surface area contributed by atoms with Crippen LogP contribution >= 0.6 is 0 Å². The Balaban J connectivity index is 3.05. The summed E-state index contributed by atoms with van der Waals surface area (Å²) >= 11 is 0. The van der Waals surface area contributed by atoms with Gasteiger partial charge in [-0.15, -0.1) is 0 Å². The van der Waals surface area contributed by atoms with Crippen LogP contribution in [0.25, 0.3) is 0 Å². The Labute approximate surface area is 61.8 Å². The molecule has 0 fully saturated rings. The van der Waals surface area contributed by atoms with Gasteiger partial charge in [-0.2, -0.15) is 0 Å². The van der Waals surface area contributed by atoms with E-state index in [9.17, 15) is 4.79 Å². The molecule has 0 heterocycles. The summed E-state index contributed by atoms with van der Waals surface area (Å²) in [6, 6.07) is 0. The third-order valence-electron chi connectivity index (χ3n) is 0.928.